The molecule has 2 rings (SSSR count). The maximum atomic E-state index is 6.03. The molecule has 0 saturated heterocycles. The Hall–Kier alpha value is -0.530. The molecule has 82 valence electrons. The summed E-state index contributed by atoms with van der Waals surface area (Å²) < 4.78 is 0. The van der Waals surface area contributed by atoms with Crippen molar-refractivity contribution >= 4 is 11.6 Å². The minimum Gasteiger partial charge on any atom is -0.320 e. The van der Waals surface area contributed by atoms with Crippen LogP contribution in [0, 0.1) is 5.92 Å². The fraction of sp³-hybridized carbons (Fsp3) is 0.538. The van der Waals surface area contributed by atoms with Crippen molar-refractivity contribution in [2.24, 2.45) is 5.92 Å². The van der Waals surface area contributed by atoms with Gasteiger partial charge in [0.05, 0.1) is 0 Å². The molecule has 0 heterocycles. The van der Waals surface area contributed by atoms with Crippen LogP contribution in [0.3, 0.4) is 0 Å². The van der Waals surface area contributed by atoms with E-state index >= 15 is 0 Å². The SMILES string of the molecule is CNCCC(c1cccc(Cl)c1)C1CC1. The van der Waals surface area contributed by atoms with Gasteiger partial charge in [-0.25, -0.2) is 0 Å². The fourth-order valence-corrected chi connectivity index (χ4v) is 2.41. The molecule has 0 radical (unpaired) electrons. The van der Waals surface area contributed by atoms with Crippen molar-refractivity contribution < 1.29 is 0 Å². The zero-order valence-electron chi connectivity index (χ0n) is 9.17. The molecule has 0 amide bonds. The third kappa shape index (κ3) is 2.96. The highest BCUT2D eigenvalue weighted by Gasteiger charge is 2.31. The highest BCUT2D eigenvalue weighted by atomic mass is 35.5. The number of benzene rings is 1. The second-order valence-corrected chi connectivity index (χ2v) is 4.83. The average Bonchev–Trinajstić information content (AvgIpc) is 3.03. The quantitative estimate of drug-likeness (QED) is 0.807. The summed E-state index contributed by atoms with van der Waals surface area (Å²) in [6, 6.07) is 8.35. The summed E-state index contributed by atoms with van der Waals surface area (Å²) >= 11 is 6.03. The van der Waals surface area contributed by atoms with Gasteiger partial charge in [-0.05, 0) is 62.4 Å². The molecule has 0 aliphatic heterocycles. The first-order valence-electron chi connectivity index (χ1n) is 5.71. The average molecular weight is 224 g/mol. The maximum Gasteiger partial charge on any atom is 0.0408 e. The van der Waals surface area contributed by atoms with E-state index in [1.807, 2.05) is 13.1 Å². The van der Waals surface area contributed by atoms with Gasteiger partial charge in [0.15, 0.2) is 0 Å². The second kappa shape index (κ2) is 5.00. The van der Waals surface area contributed by atoms with Gasteiger partial charge in [-0.3, -0.25) is 0 Å². The van der Waals surface area contributed by atoms with Crippen LogP contribution in [0.4, 0.5) is 0 Å². The molecule has 15 heavy (non-hydrogen) atoms. The summed E-state index contributed by atoms with van der Waals surface area (Å²) in [7, 11) is 2.02. The van der Waals surface area contributed by atoms with E-state index in [0.29, 0.717) is 5.92 Å². The molecule has 1 nitrogen and oxygen atoms in total. The normalized spacial score (nSPS) is 17.7. The monoisotopic (exact) mass is 223 g/mol. The van der Waals surface area contributed by atoms with Gasteiger partial charge >= 0.3 is 0 Å². The Balaban J connectivity index is 2.09. The van der Waals surface area contributed by atoms with Crippen molar-refractivity contribution in [3.63, 3.8) is 0 Å². The lowest BCUT2D eigenvalue weighted by molar-refractivity contribution is 0.541. The van der Waals surface area contributed by atoms with Gasteiger partial charge in [-0.15, -0.1) is 0 Å². The Bertz CT molecular complexity index is 320. The molecule has 0 bridgehead atoms. The topological polar surface area (TPSA) is 12.0 Å². The van der Waals surface area contributed by atoms with Crippen LogP contribution < -0.4 is 5.32 Å². The Morgan fingerprint density at radius 3 is 2.87 bits per heavy atom. The third-order valence-corrected chi connectivity index (χ3v) is 3.41. The van der Waals surface area contributed by atoms with Gasteiger partial charge in [-0.1, -0.05) is 23.7 Å². The second-order valence-electron chi connectivity index (χ2n) is 4.39. The van der Waals surface area contributed by atoms with Crippen LogP contribution in [-0.4, -0.2) is 13.6 Å². The van der Waals surface area contributed by atoms with E-state index in [4.69, 9.17) is 11.6 Å². The van der Waals surface area contributed by atoms with Gasteiger partial charge in [0.25, 0.3) is 0 Å². The molecule has 1 fully saturated rings. The molecule has 0 aromatic heterocycles. The standard InChI is InChI=1S/C13H18ClN/c1-15-8-7-13(10-5-6-10)11-3-2-4-12(14)9-11/h2-4,9-10,13,15H,5-8H2,1H3. The zero-order valence-corrected chi connectivity index (χ0v) is 9.93. The van der Waals surface area contributed by atoms with E-state index in [0.717, 1.165) is 17.5 Å². The molecule has 1 saturated carbocycles. The highest BCUT2D eigenvalue weighted by Crippen LogP contribution is 2.44. The van der Waals surface area contributed by atoms with Crippen LogP contribution in [-0.2, 0) is 0 Å². The first-order chi connectivity index (χ1) is 7.31. The van der Waals surface area contributed by atoms with E-state index in [1.165, 1.54) is 24.8 Å². The Kier molecular flexibility index (Phi) is 3.66. The van der Waals surface area contributed by atoms with Crippen molar-refractivity contribution in [1.82, 2.24) is 5.32 Å². The molecule has 1 aromatic rings. The minimum atomic E-state index is 0.705. The minimum absolute atomic E-state index is 0.705. The molecular weight excluding hydrogens is 206 g/mol. The fourth-order valence-electron chi connectivity index (χ4n) is 2.21. The van der Waals surface area contributed by atoms with E-state index in [-0.39, 0.29) is 0 Å². The van der Waals surface area contributed by atoms with Crippen molar-refractivity contribution in [2.45, 2.75) is 25.2 Å². The van der Waals surface area contributed by atoms with Crippen LogP contribution >= 0.6 is 11.6 Å². The summed E-state index contributed by atoms with van der Waals surface area (Å²) in [5.74, 6) is 1.60. The number of hydrogen-bond acceptors (Lipinski definition) is 1. The van der Waals surface area contributed by atoms with Gasteiger partial charge < -0.3 is 5.32 Å². The zero-order chi connectivity index (χ0) is 10.7. The molecule has 1 aliphatic carbocycles. The Labute approximate surface area is 96.8 Å². The summed E-state index contributed by atoms with van der Waals surface area (Å²) in [6.07, 6.45) is 4.00. The largest absolute Gasteiger partial charge is 0.320 e. The summed E-state index contributed by atoms with van der Waals surface area (Å²) in [4.78, 5) is 0. The van der Waals surface area contributed by atoms with E-state index < -0.39 is 0 Å². The maximum absolute atomic E-state index is 6.03. The lowest BCUT2D eigenvalue weighted by Gasteiger charge is -2.16. The molecule has 1 aromatic carbocycles. The molecule has 1 N–H and O–H groups in total. The van der Waals surface area contributed by atoms with Crippen molar-refractivity contribution in [1.29, 1.82) is 0 Å². The van der Waals surface area contributed by atoms with Gasteiger partial charge in [0.2, 0.25) is 0 Å². The van der Waals surface area contributed by atoms with Crippen molar-refractivity contribution in [3.8, 4) is 0 Å². The lowest BCUT2D eigenvalue weighted by atomic mass is 9.91. The van der Waals surface area contributed by atoms with Crippen LogP contribution in [0.1, 0.15) is 30.7 Å². The lowest BCUT2D eigenvalue weighted by Crippen LogP contribution is -2.13. The number of halogens is 1. The summed E-state index contributed by atoms with van der Waals surface area (Å²) in [6.45, 7) is 1.09. The smallest absolute Gasteiger partial charge is 0.0408 e. The molecule has 1 unspecified atom stereocenters. The van der Waals surface area contributed by atoms with Crippen LogP contribution in [0.25, 0.3) is 0 Å². The third-order valence-electron chi connectivity index (χ3n) is 3.17. The van der Waals surface area contributed by atoms with E-state index in [1.54, 1.807) is 0 Å². The first kappa shape index (κ1) is 11.0. The predicted molar refractivity (Wildman–Crippen MR) is 65.5 cm³/mol. The first-order valence-corrected chi connectivity index (χ1v) is 6.09. The molecule has 1 aliphatic rings. The Morgan fingerprint density at radius 1 is 1.47 bits per heavy atom. The number of nitrogens with one attached hydrogen (secondary N) is 1. The van der Waals surface area contributed by atoms with E-state index in [2.05, 4.69) is 23.5 Å². The summed E-state index contributed by atoms with van der Waals surface area (Å²) in [5, 5.41) is 4.10. The molecule has 2 heteroatoms. The highest BCUT2D eigenvalue weighted by molar-refractivity contribution is 6.30. The Morgan fingerprint density at radius 2 is 2.27 bits per heavy atom. The van der Waals surface area contributed by atoms with Crippen molar-refractivity contribution in [2.75, 3.05) is 13.6 Å². The van der Waals surface area contributed by atoms with Crippen LogP contribution in [0.2, 0.25) is 5.02 Å². The number of hydrogen-bond donors (Lipinski definition) is 1. The van der Waals surface area contributed by atoms with Crippen molar-refractivity contribution in [3.05, 3.63) is 34.9 Å². The van der Waals surface area contributed by atoms with E-state index in [9.17, 15) is 0 Å². The number of rotatable bonds is 5. The summed E-state index contributed by atoms with van der Waals surface area (Å²) in [5.41, 5.74) is 1.42. The van der Waals surface area contributed by atoms with Crippen LogP contribution in [0.15, 0.2) is 24.3 Å². The van der Waals surface area contributed by atoms with Crippen LogP contribution in [0.5, 0.6) is 0 Å². The predicted octanol–water partition coefficient (Wildman–Crippen LogP) is 3.44. The van der Waals surface area contributed by atoms with Gasteiger partial charge in [-0.2, -0.15) is 0 Å². The van der Waals surface area contributed by atoms with Gasteiger partial charge in [0, 0.05) is 5.02 Å². The molecule has 1 atom stereocenters. The molecular formula is C13H18ClN. The molecule has 0 spiro atoms. The van der Waals surface area contributed by atoms with Gasteiger partial charge in [0.1, 0.15) is 0 Å².